The third-order valence-electron chi connectivity index (χ3n) is 3.51. The lowest BCUT2D eigenvalue weighted by molar-refractivity contribution is -0.120. The van der Waals surface area contributed by atoms with Crippen molar-refractivity contribution in [2.24, 2.45) is 0 Å². The van der Waals surface area contributed by atoms with Gasteiger partial charge in [0.1, 0.15) is 17.1 Å². The standard InChI is InChI=1S/C18H19NO5/c1-23-14-6-3-12(4-7-14)10-17(20)19-11-13-5-8-16(24-2)15(9-13)18(21)22/h3-9H,10-11H2,1-2H3,(H,19,20)(H,21,22). The highest BCUT2D eigenvalue weighted by molar-refractivity contribution is 5.91. The number of carboxylic acid groups (broad SMARTS) is 1. The van der Waals surface area contributed by atoms with Gasteiger partial charge >= 0.3 is 5.97 Å². The van der Waals surface area contributed by atoms with E-state index in [1.807, 2.05) is 12.1 Å². The SMILES string of the molecule is COc1ccc(CC(=O)NCc2ccc(OC)c(C(=O)O)c2)cc1. The van der Waals surface area contributed by atoms with Crippen molar-refractivity contribution in [1.29, 1.82) is 0 Å². The zero-order chi connectivity index (χ0) is 17.5. The van der Waals surface area contributed by atoms with E-state index in [0.717, 1.165) is 11.3 Å². The molecule has 0 aliphatic carbocycles. The van der Waals surface area contributed by atoms with E-state index < -0.39 is 5.97 Å². The fraction of sp³-hybridized carbons (Fsp3) is 0.222. The molecule has 0 aliphatic heterocycles. The minimum absolute atomic E-state index is 0.0689. The van der Waals surface area contributed by atoms with Crippen LogP contribution in [0.4, 0.5) is 0 Å². The van der Waals surface area contributed by atoms with Gasteiger partial charge in [0.15, 0.2) is 0 Å². The summed E-state index contributed by atoms with van der Waals surface area (Å²) in [5.74, 6) is -0.194. The molecule has 0 saturated carbocycles. The molecule has 0 bridgehead atoms. The maximum absolute atomic E-state index is 12.0. The summed E-state index contributed by atoms with van der Waals surface area (Å²) in [6.45, 7) is 0.249. The van der Waals surface area contributed by atoms with Crippen molar-refractivity contribution in [3.63, 3.8) is 0 Å². The number of carbonyl (C=O) groups is 2. The first-order chi connectivity index (χ1) is 11.5. The highest BCUT2D eigenvalue weighted by Crippen LogP contribution is 2.20. The molecule has 0 atom stereocenters. The summed E-state index contributed by atoms with van der Waals surface area (Å²) >= 11 is 0. The molecule has 0 saturated heterocycles. The van der Waals surface area contributed by atoms with Crippen LogP contribution in [0.2, 0.25) is 0 Å². The van der Waals surface area contributed by atoms with E-state index >= 15 is 0 Å². The fourth-order valence-electron chi connectivity index (χ4n) is 2.22. The molecule has 2 rings (SSSR count). The Morgan fingerprint density at radius 2 is 1.67 bits per heavy atom. The van der Waals surface area contributed by atoms with Gasteiger partial charge in [-0.05, 0) is 35.4 Å². The number of benzene rings is 2. The summed E-state index contributed by atoms with van der Waals surface area (Å²) in [5, 5.41) is 11.9. The summed E-state index contributed by atoms with van der Waals surface area (Å²) in [4.78, 5) is 23.2. The highest BCUT2D eigenvalue weighted by Gasteiger charge is 2.12. The summed E-state index contributed by atoms with van der Waals surface area (Å²) < 4.78 is 10.1. The second-order valence-corrected chi connectivity index (χ2v) is 5.14. The number of aromatic carboxylic acids is 1. The zero-order valence-electron chi connectivity index (χ0n) is 13.5. The number of ether oxygens (including phenoxy) is 2. The normalized spacial score (nSPS) is 10.1. The summed E-state index contributed by atoms with van der Waals surface area (Å²) in [5.41, 5.74) is 1.63. The molecule has 2 N–H and O–H groups in total. The number of hydrogen-bond donors (Lipinski definition) is 2. The van der Waals surface area contributed by atoms with E-state index in [1.165, 1.54) is 13.2 Å². The maximum atomic E-state index is 12.0. The Kier molecular flexibility index (Phi) is 5.78. The largest absolute Gasteiger partial charge is 0.497 e. The van der Waals surface area contributed by atoms with E-state index in [-0.39, 0.29) is 30.2 Å². The molecule has 6 nitrogen and oxygen atoms in total. The lowest BCUT2D eigenvalue weighted by Gasteiger charge is -2.09. The molecule has 0 heterocycles. The van der Waals surface area contributed by atoms with Crippen molar-refractivity contribution >= 4 is 11.9 Å². The summed E-state index contributed by atoms with van der Waals surface area (Å²) in [7, 11) is 3.00. The second kappa shape index (κ2) is 8.01. The Balaban J connectivity index is 1.95. The van der Waals surface area contributed by atoms with Crippen molar-refractivity contribution in [2.75, 3.05) is 14.2 Å². The van der Waals surface area contributed by atoms with Crippen molar-refractivity contribution in [2.45, 2.75) is 13.0 Å². The van der Waals surface area contributed by atoms with Crippen molar-refractivity contribution in [3.8, 4) is 11.5 Å². The van der Waals surface area contributed by atoms with Crippen LogP contribution in [-0.4, -0.2) is 31.2 Å². The predicted molar refractivity (Wildman–Crippen MR) is 88.5 cm³/mol. The Hall–Kier alpha value is -3.02. The molecule has 2 aromatic carbocycles. The van der Waals surface area contributed by atoms with Gasteiger partial charge in [0.2, 0.25) is 5.91 Å². The zero-order valence-corrected chi connectivity index (χ0v) is 13.5. The first kappa shape index (κ1) is 17.3. The van der Waals surface area contributed by atoms with Crippen molar-refractivity contribution < 1.29 is 24.2 Å². The lowest BCUT2D eigenvalue weighted by Crippen LogP contribution is -2.24. The lowest BCUT2D eigenvalue weighted by atomic mass is 10.1. The number of carbonyl (C=O) groups excluding carboxylic acids is 1. The van der Waals surface area contributed by atoms with Crippen LogP contribution in [0.1, 0.15) is 21.5 Å². The monoisotopic (exact) mass is 329 g/mol. The fourth-order valence-corrected chi connectivity index (χ4v) is 2.22. The molecule has 2 aromatic rings. The minimum Gasteiger partial charge on any atom is -0.497 e. The van der Waals surface area contributed by atoms with E-state index in [4.69, 9.17) is 14.6 Å². The van der Waals surface area contributed by atoms with Gasteiger partial charge in [-0.2, -0.15) is 0 Å². The molecule has 1 amide bonds. The van der Waals surface area contributed by atoms with Crippen LogP contribution in [0, 0.1) is 0 Å². The number of rotatable bonds is 7. The molecule has 6 heteroatoms. The maximum Gasteiger partial charge on any atom is 0.339 e. The van der Waals surface area contributed by atoms with Crippen LogP contribution in [0.25, 0.3) is 0 Å². The van der Waals surface area contributed by atoms with Crippen LogP contribution < -0.4 is 14.8 Å². The molecule has 0 unspecified atom stereocenters. The Labute approximate surface area is 140 Å². The van der Waals surface area contributed by atoms with E-state index in [1.54, 1.807) is 31.4 Å². The van der Waals surface area contributed by atoms with Crippen LogP contribution >= 0.6 is 0 Å². The van der Waals surface area contributed by atoms with Gasteiger partial charge < -0.3 is 19.9 Å². The molecule has 0 radical (unpaired) electrons. The first-order valence-electron chi connectivity index (χ1n) is 7.33. The van der Waals surface area contributed by atoms with E-state index in [2.05, 4.69) is 5.32 Å². The second-order valence-electron chi connectivity index (χ2n) is 5.14. The summed E-state index contributed by atoms with van der Waals surface area (Å²) in [6, 6.07) is 12.0. The number of methoxy groups -OCH3 is 2. The Bertz CT molecular complexity index is 725. The quantitative estimate of drug-likeness (QED) is 0.814. The molecule has 0 fully saturated rings. The van der Waals surface area contributed by atoms with Gasteiger partial charge in [0.25, 0.3) is 0 Å². The van der Waals surface area contributed by atoms with Crippen LogP contribution in [0.15, 0.2) is 42.5 Å². The molecule has 24 heavy (non-hydrogen) atoms. The molecular formula is C18H19NO5. The third-order valence-corrected chi connectivity index (χ3v) is 3.51. The number of nitrogens with one attached hydrogen (secondary N) is 1. The van der Waals surface area contributed by atoms with Crippen LogP contribution in [0.5, 0.6) is 11.5 Å². The predicted octanol–water partition coefficient (Wildman–Crippen LogP) is 2.26. The number of hydrogen-bond acceptors (Lipinski definition) is 4. The molecule has 0 aliphatic rings. The number of carboxylic acids is 1. The summed E-state index contributed by atoms with van der Waals surface area (Å²) in [6.07, 6.45) is 0.242. The topological polar surface area (TPSA) is 84.9 Å². The van der Waals surface area contributed by atoms with Gasteiger partial charge in [-0.15, -0.1) is 0 Å². The molecule has 0 spiro atoms. The van der Waals surface area contributed by atoms with Crippen LogP contribution in [-0.2, 0) is 17.8 Å². The van der Waals surface area contributed by atoms with Crippen molar-refractivity contribution in [1.82, 2.24) is 5.32 Å². The van der Waals surface area contributed by atoms with Crippen LogP contribution in [0.3, 0.4) is 0 Å². The van der Waals surface area contributed by atoms with Gasteiger partial charge in [0.05, 0.1) is 20.6 Å². The highest BCUT2D eigenvalue weighted by atomic mass is 16.5. The van der Waals surface area contributed by atoms with Gasteiger partial charge in [0, 0.05) is 6.54 Å². The van der Waals surface area contributed by atoms with E-state index in [0.29, 0.717) is 5.56 Å². The Morgan fingerprint density at radius 3 is 2.25 bits per heavy atom. The smallest absolute Gasteiger partial charge is 0.339 e. The minimum atomic E-state index is -1.07. The van der Waals surface area contributed by atoms with E-state index in [9.17, 15) is 9.59 Å². The average molecular weight is 329 g/mol. The van der Waals surface area contributed by atoms with Gasteiger partial charge in [-0.1, -0.05) is 18.2 Å². The molecule has 0 aromatic heterocycles. The molecular weight excluding hydrogens is 310 g/mol. The molecule has 126 valence electrons. The van der Waals surface area contributed by atoms with Gasteiger partial charge in [-0.25, -0.2) is 4.79 Å². The Morgan fingerprint density at radius 1 is 1.00 bits per heavy atom. The first-order valence-corrected chi connectivity index (χ1v) is 7.33. The van der Waals surface area contributed by atoms with Gasteiger partial charge in [-0.3, -0.25) is 4.79 Å². The number of amides is 1. The average Bonchev–Trinajstić information content (AvgIpc) is 2.60. The third kappa shape index (κ3) is 4.49. The van der Waals surface area contributed by atoms with Crippen molar-refractivity contribution in [3.05, 3.63) is 59.2 Å².